The molecule has 0 saturated carbocycles. The zero-order valence-electron chi connectivity index (χ0n) is 17.0. The van der Waals surface area contributed by atoms with Gasteiger partial charge in [0.15, 0.2) is 5.82 Å². The summed E-state index contributed by atoms with van der Waals surface area (Å²) in [5.41, 5.74) is -0.737. The summed E-state index contributed by atoms with van der Waals surface area (Å²) in [6, 6.07) is 2.05. The molecule has 0 unspecified atom stereocenters. The first-order valence-electron chi connectivity index (χ1n) is 9.65. The van der Waals surface area contributed by atoms with Crippen LogP contribution in [0.1, 0.15) is 35.7 Å². The van der Waals surface area contributed by atoms with Gasteiger partial charge in [-0.3, -0.25) is 4.79 Å². The number of aliphatic hydroxyl groups is 1. The van der Waals surface area contributed by atoms with E-state index in [1.807, 2.05) is 0 Å². The van der Waals surface area contributed by atoms with Gasteiger partial charge in [-0.15, -0.1) is 0 Å². The van der Waals surface area contributed by atoms with Crippen LogP contribution in [0.3, 0.4) is 0 Å². The molecule has 1 aliphatic rings. The summed E-state index contributed by atoms with van der Waals surface area (Å²) in [7, 11) is 0. The van der Waals surface area contributed by atoms with E-state index in [9.17, 15) is 27.5 Å². The fourth-order valence-corrected chi connectivity index (χ4v) is 3.61. The molecule has 33 heavy (non-hydrogen) atoms. The second kappa shape index (κ2) is 8.60. The van der Waals surface area contributed by atoms with Crippen molar-refractivity contribution in [3.8, 4) is 11.6 Å². The van der Waals surface area contributed by atoms with Crippen LogP contribution in [-0.2, 0) is 19.1 Å². The SMILES string of the molecule is C[C@@H](O)c1nc2c(c(Oc3ccc(F)cc3C(F)(F)F)n1)CCN(c1cn[nH]c(=O)c1Cl)C2. The molecule has 0 amide bonds. The lowest BCUT2D eigenvalue weighted by Crippen LogP contribution is -2.33. The molecule has 1 atom stereocenters. The summed E-state index contributed by atoms with van der Waals surface area (Å²) in [5, 5.41) is 15.9. The highest BCUT2D eigenvalue weighted by Crippen LogP contribution is 2.40. The summed E-state index contributed by atoms with van der Waals surface area (Å²) in [4.78, 5) is 21.9. The quantitative estimate of drug-likeness (QED) is 0.542. The van der Waals surface area contributed by atoms with E-state index in [0.717, 1.165) is 12.1 Å². The number of benzene rings is 1. The number of anilines is 1. The molecule has 3 aromatic rings. The average molecular weight is 486 g/mol. The molecule has 0 radical (unpaired) electrons. The number of hydrogen-bond donors (Lipinski definition) is 2. The number of H-pyrrole nitrogens is 1. The van der Waals surface area contributed by atoms with E-state index in [0.29, 0.717) is 29.6 Å². The Balaban J connectivity index is 1.76. The fourth-order valence-electron chi connectivity index (χ4n) is 3.40. The zero-order valence-corrected chi connectivity index (χ0v) is 17.7. The van der Waals surface area contributed by atoms with Crippen LogP contribution in [0, 0.1) is 5.82 Å². The fraction of sp³-hybridized carbons (Fsp3) is 0.300. The number of ether oxygens (including phenoxy) is 1. The third-order valence-electron chi connectivity index (χ3n) is 4.99. The molecule has 8 nitrogen and oxygen atoms in total. The molecular weight excluding hydrogens is 470 g/mol. The third kappa shape index (κ3) is 4.62. The second-order valence-corrected chi connectivity index (χ2v) is 7.68. The highest BCUT2D eigenvalue weighted by Gasteiger charge is 2.36. The molecule has 0 bridgehead atoms. The van der Waals surface area contributed by atoms with Gasteiger partial charge in [-0.1, -0.05) is 11.6 Å². The molecule has 2 N–H and O–H groups in total. The number of aromatic nitrogens is 4. The number of halogens is 5. The van der Waals surface area contributed by atoms with E-state index >= 15 is 0 Å². The van der Waals surface area contributed by atoms with Gasteiger partial charge in [0, 0.05) is 12.1 Å². The Kier molecular flexibility index (Phi) is 5.97. The Hall–Kier alpha value is -3.25. The first-order valence-corrected chi connectivity index (χ1v) is 10.0. The predicted molar refractivity (Wildman–Crippen MR) is 109 cm³/mol. The Morgan fingerprint density at radius 1 is 1.30 bits per heavy atom. The van der Waals surface area contributed by atoms with E-state index < -0.39 is 35.0 Å². The summed E-state index contributed by atoms with van der Waals surface area (Å²) < 4.78 is 59.2. The van der Waals surface area contributed by atoms with Crippen LogP contribution in [0.4, 0.5) is 23.2 Å². The van der Waals surface area contributed by atoms with Crippen LogP contribution >= 0.6 is 11.6 Å². The molecule has 1 aliphatic heterocycles. The first kappa shape index (κ1) is 22.9. The van der Waals surface area contributed by atoms with Gasteiger partial charge in [0.1, 0.15) is 28.3 Å². The Morgan fingerprint density at radius 2 is 2.06 bits per heavy atom. The van der Waals surface area contributed by atoms with Crippen molar-refractivity contribution in [1.82, 2.24) is 20.2 Å². The molecule has 1 aromatic carbocycles. The average Bonchev–Trinajstić information content (AvgIpc) is 2.75. The number of aromatic amines is 1. The molecule has 0 saturated heterocycles. The maximum atomic E-state index is 13.5. The lowest BCUT2D eigenvalue weighted by molar-refractivity contribution is -0.138. The van der Waals surface area contributed by atoms with E-state index in [-0.39, 0.29) is 29.7 Å². The molecule has 13 heteroatoms. The number of fused-ring (bicyclic) bond motifs is 1. The lowest BCUT2D eigenvalue weighted by Gasteiger charge is -2.31. The van der Waals surface area contributed by atoms with Crippen molar-refractivity contribution < 1.29 is 27.4 Å². The zero-order chi connectivity index (χ0) is 23.9. The topological polar surface area (TPSA) is 104 Å². The van der Waals surface area contributed by atoms with Crippen molar-refractivity contribution in [3.05, 3.63) is 68.2 Å². The summed E-state index contributed by atoms with van der Waals surface area (Å²) in [6.07, 6.45) is -4.40. The minimum Gasteiger partial charge on any atom is -0.438 e. The minimum absolute atomic E-state index is 0.0728. The van der Waals surface area contributed by atoms with Crippen molar-refractivity contribution in [3.63, 3.8) is 0 Å². The van der Waals surface area contributed by atoms with Crippen molar-refractivity contribution in [2.75, 3.05) is 11.4 Å². The van der Waals surface area contributed by atoms with Crippen LogP contribution in [0.2, 0.25) is 5.02 Å². The summed E-state index contributed by atoms with van der Waals surface area (Å²) in [6.45, 7) is 1.80. The van der Waals surface area contributed by atoms with Crippen molar-refractivity contribution in [2.24, 2.45) is 0 Å². The van der Waals surface area contributed by atoms with Crippen molar-refractivity contribution >= 4 is 17.3 Å². The van der Waals surface area contributed by atoms with Crippen molar-refractivity contribution in [2.45, 2.75) is 32.2 Å². The standard InChI is InChI=1S/C20H16ClF4N5O3/c1-9(31)17-27-13-8-30(14-7-26-29-18(32)16(14)21)5-4-11(13)19(28-17)33-15-3-2-10(22)6-12(15)20(23,24)25/h2-3,6-7,9,31H,4-5,8H2,1H3,(H,29,32)/t9-/m1/s1. The van der Waals surface area contributed by atoms with Gasteiger partial charge < -0.3 is 14.7 Å². The second-order valence-electron chi connectivity index (χ2n) is 7.30. The molecule has 4 rings (SSSR count). The maximum Gasteiger partial charge on any atom is 0.420 e. The summed E-state index contributed by atoms with van der Waals surface area (Å²) >= 11 is 6.09. The largest absolute Gasteiger partial charge is 0.438 e. The van der Waals surface area contributed by atoms with Crippen LogP contribution in [0.5, 0.6) is 11.6 Å². The van der Waals surface area contributed by atoms with E-state index in [4.69, 9.17) is 16.3 Å². The maximum absolute atomic E-state index is 13.5. The predicted octanol–water partition coefficient (Wildman–Crippen LogP) is 3.78. The highest BCUT2D eigenvalue weighted by molar-refractivity contribution is 6.33. The monoisotopic (exact) mass is 485 g/mol. The molecular formula is C20H16ClF4N5O3. The third-order valence-corrected chi connectivity index (χ3v) is 5.35. The number of nitrogens with zero attached hydrogens (tertiary/aromatic N) is 4. The van der Waals surface area contributed by atoms with E-state index in [2.05, 4.69) is 20.2 Å². The minimum atomic E-state index is -4.86. The van der Waals surface area contributed by atoms with Gasteiger partial charge in [-0.25, -0.2) is 14.5 Å². The Bertz CT molecular complexity index is 1270. The normalized spacial score (nSPS) is 14.7. The van der Waals surface area contributed by atoms with Gasteiger partial charge in [0.25, 0.3) is 5.56 Å². The van der Waals surface area contributed by atoms with Crippen molar-refractivity contribution in [1.29, 1.82) is 0 Å². The van der Waals surface area contributed by atoms with Gasteiger partial charge in [0.2, 0.25) is 5.88 Å². The van der Waals surface area contributed by atoms with Crippen LogP contribution < -0.4 is 15.2 Å². The van der Waals surface area contributed by atoms with Crippen LogP contribution in [-0.4, -0.2) is 31.8 Å². The number of alkyl halides is 3. The number of rotatable bonds is 4. The van der Waals surface area contributed by atoms with Crippen LogP contribution in [0.25, 0.3) is 0 Å². The van der Waals surface area contributed by atoms with E-state index in [1.54, 1.807) is 4.90 Å². The smallest absolute Gasteiger partial charge is 0.420 e. The van der Waals surface area contributed by atoms with E-state index in [1.165, 1.54) is 13.1 Å². The Morgan fingerprint density at radius 3 is 2.76 bits per heavy atom. The Labute approximate surface area is 188 Å². The van der Waals surface area contributed by atoms with Gasteiger partial charge in [-0.05, 0) is 31.5 Å². The van der Waals surface area contributed by atoms with Gasteiger partial charge in [0.05, 0.1) is 24.1 Å². The molecule has 0 fully saturated rings. The summed E-state index contributed by atoms with van der Waals surface area (Å²) in [5.74, 6) is -1.95. The number of aliphatic hydroxyl groups excluding tert-OH is 1. The molecule has 2 aromatic heterocycles. The number of hydrogen-bond acceptors (Lipinski definition) is 7. The number of nitrogens with one attached hydrogen (secondary N) is 1. The molecule has 0 aliphatic carbocycles. The molecule has 3 heterocycles. The molecule has 0 spiro atoms. The van der Waals surface area contributed by atoms with Gasteiger partial charge >= 0.3 is 6.18 Å². The molecule has 174 valence electrons. The highest BCUT2D eigenvalue weighted by atomic mass is 35.5. The lowest BCUT2D eigenvalue weighted by atomic mass is 10.0. The van der Waals surface area contributed by atoms with Gasteiger partial charge in [-0.2, -0.15) is 23.3 Å². The first-order chi connectivity index (χ1) is 15.5. The van der Waals surface area contributed by atoms with Crippen LogP contribution in [0.15, 0.2) is 29.2 Å².